The van der Waals surface area contributed by atoms with E-state index in [1.807, 2.05) is 6.92 Å². The van der Waals surface area contributed by atoms with Crippen LogP contribution in [0.25, 0.3) is 0 Å². The zero-order chi connectivity index (χ0) is 17.0. The summed E-state index contributed by atoms with van der Waals surface area (Å²) < 4.78 is 13.3. The first-order valence-electron chi connectivity index (χ1n) is 7.53. The Morgan fingerprint density at radius 1 is 1.48 bits per heavy atom. The van der Waals surface area contributed by atoms with Gasteiger partial charge in [-0.05, 0) is 6.42 Å². The molecule has 0 bridgehead atoms. The summed E-state index contributed by atoms with van der Waals surface area (Å²) >= 11 is 0. The van der Waals surface area contributed by atoms with Crippen LogP contribution in [0, 0.1) is 11.7 Å². The lowest BCUT2D eigenvalue weighted by Gasteiger charge is -2.18. The lowest BCUT2D eigenvalue weighted by molar-refractivity contribution is -0.122. The molecule has 0 spiro atoms. The molecule has 23 heavy (non-hydrogen) atoms. The van der Waals surface area contributed by atoms with Gasteiger partial charge >= 0.3 is 6.03 Å². The Morgan fingerprint density at radius 3 is 2.87 bits per heavy atom. The molecule has 1 aliphatic heterocycles. The number of β-amino-alcohol motifs (C(OH)–C–C–N with tert-alkyl or cyclic N) is 1. The minimum Gasteiger partial charge on any atom is -0.391 e. The van der Waals surface area contributed by atoms with Gasteiger partial charge in [0.25, 0.3) is 0 Å². The van der Waals surface area contributed by atoms with Crippen molar-refractivity contribution in [2.75, 3.05) is 25.5 Å². The third kappa shape index (κ3) is 4.16. The van der Waals surface area contributed by atoms with Gasteiger partial charge < -0.3 is 20.6 Å². The van der Waals surface area contributed by atoms with Crippen molar-refractivity contribution in [3.63, 3.8) is 0 Å². The fourth-order valence-electron chi connectivity index (χ4n) is 2.61. The molecule has 8 heteroatoms. The second kappa shape index (κ2) is 7.36. The number of carbonyl (C=O) groups excluding carboxylic acids is 2. The van der Waals surface area contributed by atoms with Crippen molar-refractivity contribution >= 4 is 17.6 Å². The van der Waals surface area contributed by atoms with Gasteiger partial charge in [-0.1, -0.05) is 6.92 Å². The van der Waals surface area contributed by atoms with Crippen LogP contribution in [0.2, 0.25) is 0 Å². The summed E-state index contributed by atoms with van der Waals surface area (Å²) in [5.41, 5.74) is 0.906. The molecular formula is C15H21FN4O3. The molecule has 3 N–H and O–H groups in total. The van der Waals surface area contributed by atoms with E-state index in [2.05, 4.69) is 15.6 Å². The number of anilines is 1. The summed E-state index contributed by atoms with van der Waals surface area (Å²) in [7, 11) is 1.53. The lowest BCUT2D eigenvalue weighted by atomic mass is 10.0. The Hall–Kier alpha value is -2.22. The van der Waals surface area contributed by atoms with Crippen LogP contribution in [-0.4, -0.2) is 53.2 Å². The van der Waals surface area contributed by atoms with Crippen molar-refractivity contribution in [3.05, 3.63) is 23.8 Å². The smallest absolute Gasteiger partial charge is 0.321 e. The maximum Gasteiger partial charge on any atom is 0.321 e. The number of aliphatic hydroxyl groups is 1. The minimum absolute atomic E-state index is 0.137. The van der Waals surface area contributed by atoms with Crippen LogP contribution in [-0.2, 0) is 11.2 Å². The molecule has 1 aromatic heterocycles. The molecular weight excluding hydrogens is 303 g/mol. The number of nitrogens with one attached hydrogen (secondary N) is 2. The van der Waals surface area contributed by atoms with Crippen LogP contribution in [0.5, 0.6) is 0 Å². The number of amides is 3. The fraction of sp³-hybridized carbons (Fsp3) is 0.533. The van der Waals surface area contributed by atoms with E-state index in [4.69, 9.17) is 0 Å². The van der Waals surface area contributed by atoms with Crippen molar-refractivity contribution < 1.29 is 19.1 Å². The van der Waals surface area contributed by atoms with Gasteiger partial charge in [0, 0.05) is 38.5 Å². The summed E-state index contributed by atoms with van der Waals surface area (Å²) in [6.45, 7) is 2.26. The second-order valence-corrected chi connectivity index (χ2v) is 5.54. The zero-order valence-electron chi connectivity index (χ0n) is 13.2. The summed E-state index contributed by atoms with van der Waals surface area (Å²) in [5.74, 6) is -1.02. The van der Waals surface area contributed by atoms with Crippen LogP contribution in [0.1, 0.15) is 19.0 Å². The van der Waals surface area contributed by atoms with E-state index in [0.29, 0.717) is 17.8 Å². The first kappa shape index (κ1) is 17.1. The second-order valence-electron chi connectivity index (χ2n) is 5.54. The first-order chi connectivity index (χ1) is 10.9. The predicted molar refractivity (Wildman–Crippen MR) is 82.3 cm³/mol. The van der Waals surface area contributed by atoms with E-state index < -0.39 is 18.0 Å². The number of hydrogen-bond donors (Lipinski definition) is 3. The highest BCUT2D eigenvalue weighted by Gasteiger charge is 2.35. The number of pyridine rings is 1. The van der Waals surface area contributed by atoms with Crippen LogP contribution in [0.4, 0.5) is 14.9 Å². The quantitative estimate of drug-likeness (QED) is 0.761. The van der Waals surface area contributed by atoms with Crippen LogP contribution in [0.3, 0.4) is 0 Å². The highest BCUT2D eigenvalue weighted by molar-refractivity contribution is 5.90. The van der Waals surface area contributed by atoms with Crippen LogP contribution < -0.4 is 10.6 Å². The van der Waals surface area contributed by atoms with E-state index in [-0.39, 0.29) is 31.3 Å². The molecule has 1 fully saturated rings. The standard InChI is InChI=1S/C15H21FN4O3/c1-3-11-12(5-10(16)6-18-11)19-15(23)20-7-9(13(21)8-20)4-14(22)17-2/h5-6,9,13,21H,3-4,7-8H2,1-2H3,(H,17,22)(H,19,23)/t9-,13-/m1/s1. The third-order valence-corrected chi connectivity index (χ3v) is 3.93. The highest BCUT2D eigenvalue weighted by Crippen LogP contribution is 2.22. The number of rotatable bonds is 4. The molecule has 0 aromatic carbocycles. The van der Waals surface area contributed by atoms with Gasteiger partial charge in [-0.3, -0.25) is 9.78 Å². The number of halogens is 1. The van der Waals surface area contributed by atoms with Gasteiger partial charge in [0.15, 0.2) is 0 Å². The van der Waals surface area contributed by atoms with Crippen molar-refractivity contribution in [1.29, 1.82) is 0 Å². The Morgan fingerprint density at radius 2 is 2.22 bits per heavy atom. The van der Waals surface area contributed by atoms with Crippen LogP contribution in [0.15, 0.2) is 12.3 Å². The maximum atomic E-state index is 13.3. The molecule has 0 saturated carbocycles. The molecule has 7 nitrogen and oxygen atoms in total. The molecule has 1 aliphatic rings. The first-order valence-corrected chi connectivity index (χ1v) is 7.53. The Balaban J connectivity index is 2.02. The molecule has 3 amide bonds. The summed E-state index contributed by atoms with van der Waals surface area (Å²) in [6, 6.07) is 0.781. The van der Waals surface area contributed by atoms with E-state index in [1.165, 1.54) is 18.0 Å². The van der Waals surface area contributed by atoms with Crippen molar-refractivity contribution in [3.8, 4) is 0 Å². The number of carbonyl (C=O) groups is 2. The van der Waals surface area contributed by atoms with E-state index in [0.717, 1.165) is 6.20 Å². The average Bonchev–Trinajstić information content (AvgIpc) is 2.88. The normalized spacial score (nSPS) is 20.4. The van der Waals surface area contributed by atoms with E-state index >= 15 is 0 Å². The number of urea groups is 1. The Kier molecular flexibility index (Phi) is 5.49. The number of likely N-dealkylation sites (tertiary alicyclic amines) is 1. The Labute approximate surface area is 133 Å². The number of nitrogens with zero attached hydrogens (tertiary/aromatic N) is 2. The van der Waals surface area contributed by atoms with Crippen LogP contribution >= 0.6 is 0 Å². The molecule has 0 radical (unpaired) electrons. The number of aromatic nitrogens is 1. The molecule has 0 unspecified atom stereocenters. The van der Waals surface area contributed by atoms with E-state index in [1.54, 1.807) is 0 Å². The minimum atomic E-state index is -0.755. The number of hydrogen-bond acceptors (Lipinski definition) is 4. The fourth-order valence-corrected chi connectivity index (χ4v) is 2.61. The van der Waals surface area contributed by atoms with Crippen molar-refractivity contribution in [2.24, 2.45) is 5.92 Å². The van der Waals surface area contributed by atoms with E-state index in [9.17, 15) is 19.1 Å². The topological polar surface area (TPSA) is 94.6 Å². The predicted octanol–water partition coefficient (Wildman–Crippen LogP) is 0.744. The maximum absolute atomic E-state index is 13.3. The van der Waals surface area contributed by atoms with Gasteiger partial charge in [-0.2, -0.15) is 0 Å². The highest BCUT2D eigenvalue weighted by atomic mass is 19.1. The molecule has 2 atom stereocenters. The molecule has 2 heterocycles. The largest absolute Gasteiger partial charge is 0.391 e. The summed E-state index contributed by atoms with van der Waals surface area (Å²) in [4.78, 5) is 29.1. The average molecular weight is 324 g/mol. The van der Waals surface area contributed by atoms with Gasteiger partial charge in [-0.25, -0.2) is 9.18 Å². The number of aryl methyl sites for hydroxylation is 1. The SMILES string of the molecule is CCc1ncc(F)cc1NC(=O)N1C[C@@H](CC(=O)NC)[C@H](O)C1. The number of aliphatic hydroxyl groups excluding tert-OH is 1. The lowest BCUT2D eigenvalue weighted by Crippen LogP contribution is -2.34. The molecule has 2 rings (SSSR count). The van der Waals surface area contributed by atoms with Crippen molar-refractivity contribution in [1.82, 2.24) is 15.2 Å². The van der Waals surface area contributed by atoms with Crippen molar-refractivity contribution in [2.45, 2.75) is 25.9 Å². The van der Waals surface area contributed by atoms with Gasteiger partial charge in [0.1, 0.15) is 5.82 Å². The molecule has 126 valence electrons. The molecule has 0 aliphatic carbocycles. The van der Waals surface area contributed by atoms with Gasteiger partial charge in [0.05, 0.1) is 23.7 Å². The molecule has 1 aromatic rings. The summed E-state index contributed by atoms with van der Waals surface area (Å²) in [5, 5.41) is 15.1. The molecule has 1 saturated heterocycles. The van der Waals surface area contributed by atoms with Gasteiger partial charge in [-0.15, -0.1) is 0 Å². The van der Waals surface area contributed by atoms with Gasteiger partial charge in [0.2, 0.25) is 5.91 Å². The summed E-state index contributed by atoms with van der Waals surface area (Å²) in [6.07, 6.45) is 1.06. The Bertz CT molecular complexity index is 596. The third-order valence-electron chi connectivity index (χ3n) is 3.93. The monoisotopic (exact) mass is 324 g/mol. The zero-order valence-corrected chi connectivity index (χ0v) is 13.2.